The Morgan fingerprint density at radius 2 is 1.79 bits per heavy atom. The third-order valence-corrected chi connectivity index (χ3v) is 5.27. The lowest BCUT2D eigenvalue weighted by atomic mass is 9.79. The second-order valence-corrected chi connectivity index (χ2v) is 5.84. The van der Waals surface area contributed by atoms with Gasteiger partial charge in [-0.05, 0) is 61.2 Å². The summed E-state index contributed by atoms with van der Waals surface area (Å²) in [7, 11) is 0. The zero-order valence-corrected chi connectivity index (χ0v) is 8.60. The average Bonchev–Trinajstić information content (AvgIpc) is 2.71. The Labute approximate surface area is 86.1 Å². The molecule has 0 radical (unpaired) electrons. The Hall–Kier alpha value is -0.520. The minimum Gasteiger partial charge on any atom is -0.0877 e. The topological polar surface area (TPSA) is 0 Å². The van der Waals surface area contributed by atoms with Gasteiger partial charge in [-0.1, -0.05) is 24.3 Å². The van der Waals surface area contributed by atoms with E-state index in [-0.39, 0.29) is 0 Å². The van der Waals surface area contributed by atoms with E-state index >= 15 is 0 Å². The van der Waals surface area contributed by atoms with Crippen molar-refractivity contribution < 1.29 is 0 Å². The van der Waals surface area contributed by atoms with Crippen LogP contribution >= 0.6 is 0 Å². The highest BCUT2D eigenvalue weighted by Crippen LogP contribution is 2.59. The van der Waals surface area contributed by atoms with Gasteiger partial charge in [-0.25, -0.2) is 0 Å². The predicted octanol–water partition coefficient (Wildman–Crippen LogP) is 3.41. The summed E-state index contributed by atoms with van der Waals surface area (Å²) in [4.78, 5) is 0. The monoisotopic (exact) mass is 186 g/mol. The Bertz CT molecular complexity index is 312. The van der Waals surface area contributed by atoms with Crippen molar-refractivity contribution in [3.63, 3.8) is 0 Å². The fourth-order valence-corrected chi connectivity index (χ4v) is 4.85. The van der Waals surface area contributed by atoms with Crippen LogP contribution in [0.4, 0.5) is 0 Å². The molecule has 0 saturated heterocycles. The van der Waals surface area contributed by atoms with Crippen LogP contribution in [-0.4, -0.2) is 0 Å². The van der Waals surface area contributed by atoms with Gasteiger partial charge in [0.1, 0.15) is 0 Å². The maximum absolute atomic E-state index is 2.54. The first-order valence-electron chi connectivity index (χ1n) is 6.27. The van der Waals surface area contributed by atoms with Crippen LogP contribution in [0.25, 0.3) is 0 Å². The van der Waals surface area contributed by atoms with Gasteiger partial charge in [-0.2, -0.15) is 0 Å². The van der Waals surface area contributed by atoms with Gasteiger partial charge in [0, 0.05) is 0 Å². The van der Waals surface area contributed by atoms with Crippen LogP contribution in [0.2, 0.25) is 0 Å². The van der Waals surface area contributed by atoms with Gasteiger partial charge < -0.3 is 0 Å². The number of allylic oxidation sites excluding steroid dienone is 4. The summed E-state index contributed by atoms with van der Waals surface area (Å²) < 4.78 is 0. The molecule has 2 bridgehead atoms. The summed E-state index contributed by atoms with van der Waals surface area (Å²) >= 11 is 0. The van der Waals surface area contributed by atoms with Crippen molar-refractivity contribution in [2.24, 2.45) is 35.5 Å². The maximum Gasteiger partial charge on any atom is -0.0162 e. The molecule has 4 rings (SSSR count). The molecule has 2 fully saturated rings. The van der Waals surface area contributed by atoms with Crippen molar-refractivity contribution in [2.75, 3.05) is 0 Å². The summed E-state index contributed by atoms with van der Waals surface area (Å²) in [6.07, 6.45) is 15.9. The first-order chi connectivity index (χ1) is 6.92. The van der Waals surface area contributed by atoms with Crippen molar-refractivity contribution in [1.82, 2.24) is 0 Å². The second-order valence-electron chi connectivity index (χ2n) is 5.84. The van der Waals surface area contributed by atoms with E-state index < -0.39 is 0 Å². The molecule has 2 saturated carbocycles. The van der Waals surface area contributed by atoms with E-state index in [0.717, 1.165) is 35.5 Å². The fraction of sp³-hybridized carbons (Fsp3) is 0.714. The Kier molecular flexibility index (Phi) is 1.40. The molecule has 74 valence electrons. The lowest BCUT2D eigenvalue weighted by Crippen LogP contribution is -2.19. The molecule has 6 atom stereocenters. The number of fused-ring (bicyclic) bond motifs is 1. The molecule has 0 spiro atoms. The normalized spacial score (nSPS) is 60.0. The van der Waals surface area contributed by atoms with Crippen molar-refractivity contribution in [3.8, 4) is 0 Å². The van der Waals surface area contributed by atoms with E-state index in [1.807, 2.05) is 0 Å². The van der Waals surface area contributed by atoms with Crippen molar-refractivity contribution in [3.05, 3.63) is 24.3 Å². The number of rotatable bonds is 0. The third kappa shape index (κ3) is 0.852. The summed E-state index contributed by atoms with van der Waals surface area (Å²) in [5.41, 5.74) is 0. The van der Waals surface area contributed by atoms with Crippen LogP contribution in [-0.2, 0) is 0 Å². The van der Waals surface area contributed by atoms with Crippen molar-refractivity contribution in [1.29, 1.82) is 0 Å². The second kappa shape index (κ2) is 2.53. The molecule has 0 aromatic heterocycles. The minimum absolute atomic E-state index is 0.908. The van der Waals surface area contributed by atoms with Gasteiger partial charge in [0.2, 0.25) is 0 Å². The molecule has 6 unspecified atom stereocenters. The van der Waals surface area contributed by atoms with Gasteiger partial charge in [0.25, 0.3) is 0 Å². The lowest BCUT2D eigenvalue weighted by molar-refractivity contribution is 0.266. The smallest absolute Gasteiger partial charge is 0.0162 e. The Morgan fingerprint density at radius 3 is 2.79 bits per heavy atom. The van der Waals surface area contributed by atoms with Crippen LogP contribution in [0, 0.1) is 35.5 Å². The van der Waals surface area contributed by atoms with Crippen molar-refractivity contribution in [2.45, 2.75) is 25.7 Å². The zero-order valence-electron chi connectivity index (χ0n) is 8.60. The highest BCUT2D eigenvalue weighted by atomic mass is 14.6. The fourth-order valence-electron chi connectivity index (χ4n) is 4.85. The average molecular weight is 186 g/mol. The first kappa shape index (κ1) is 7.73. The molecular formula is C14H18. The van der Waals surface area contributed by atoms with E-state index in [4.69, 9.17) is 0 Å². The molecule has 0 N–H and O–H groups in total. The summed E-state index contributed by atoms with van der Waals surface area (Å²) in [5, 5.41) is 0. The lowest BCUT2D eigenvalue weighted by Gasteiger charge is -2.26. The maximum atomic E-state index is 2.54. The van der Waals surface area contributed by atoms with Crippen LogP contribution in [0.3, 0.4) is 0 Å². The minimum atomic E-state index is 0.908. The molecule has 0 aromatic carbocycles. The highest BCUT2D eigenvalue weighted by Gasteiger charge is 2.51. The van der Waals surface area contributed by atoms with Crippen LogP contribution in [0.15, 0.2) is 24.3 Å². The van der Waals surface area contributed by atoms with E-state index in [2.05, 4.69) is 24.3 Å². The van der Waals surface area contributed by atoms with Gasteiger partial charge in [0.15, 0.2) is 0 Å². The largest absolute Gasteiger partial charge is 0.0877 e. The molecule has 4 aliphatic carbocycles. The zero-order chi connectivity index (χ0) is 9.12. The Balaban J connectivity index is 1.80. The molecule has 0 aliphatic heterocycles. The molecule has 14 heavy (non-hydrogen) atoms. The molecule has 0 nitrogen and oxygen atoms in total. The molecule has 0 heterocycles. The van der Waals surface area contributed by atoms with Gasteiger partial charge in [-0.15, -0.1) is 0 Å². The summed E-state index contributed by atoms with van der Waals surface area (Å²) in [6.45, 7) is 0. The molecule has 0 heteroatoms. The molecule has 0 aromatic rings. The predicted molar refractivity (Wildman–Crippen MR) is 57.7 cm³/mol. The van der Waals surface area contributed by atoms with E-state index in [9.17, 15) is 0 Å². The van der Waals surface area contributed by atoms with Crippen LogP contribution in [0.1, 0.15) is 25.7 Å². The summed E-state index contributed by atoms with van der Waals surface area (Å²) in [6, 6.07) is 0. The van der Waals surface area contributed by atoms with E-state index in [0.29, 0.717) is 0 Å². The first-order valence-corrected chi connectivity index (χ1v) is 6.27. The third-order valence-electron chi connectivity index (χ3n) is 5.27. The standard InChI is InChI=1S/C14H18/c1-2-9-6-12-8-11-5-4-10(3-1)14(11)13(12)7-9/h1-2,4-5,9-14H,3,6-8H2/b2-1-. The van der Waals surface area contributed by atoms with E-state index in [1.165, 1.54) is 25.7 Å². The molecular weight excluding hydrogens is 168 g/mol. The highest BCUT2D eigenvalue weighted by molar-refractivity contribution is 5.18. The SMILES string of the molecule is C1=CC2CC3CC4/C=C\CC1C2C3C4. The molecule has 4 aliphatic rings. The number of hydrogen-bond donors (Lipinski definition) is 0. The summed E-state index contributed by atoms with van der Waals surface area (Å²) in [5.74, 6) is 6.07. The van der Waals surface area contributed by atoms with Crippen LogP contribution < -0.4 is 0 Å². The number of hydrogen-bond acceptors (Lipinski definition) is 0. The van der Waals surface area contributed by atoms with Gasteiger partial charge in [0.05, 0.1) is 0 Å². The van der Waals surface area contributed by atoms with Crippen LogP contribution in [0.5, 0.6) is 0 Å². The Morgan fingerprint density at radius 1 is 0.857 bits per heavy atom. The quantitative estimate of drug-likeness (QED) is 0.509. The molecule has 0 amide bonds. The van der Waals surface area contributed by atoms with Crippen molar-refractivity contribution >= 4 is 0 Å². The van der Waals surface area contributed by atoms with E-state index in [1.54, 1.807) is 0 Å². The van der Waals surface area contributed by atoms with Gasteiger partial charge in [-0.3, -0.25) is 0 Å². The van der Waals surface area contributed by atoms with Gasteiger partial charge >= 0.3 is 0 Å².